The van der Waals surface area contributed by atoms with Crippen LogP contribution in [0.5, 0.6) is 0 Å². The Morgan fingerprint density at radius 2 is 1.95 bits per heavy atom. The molecule has 0 aliphatic carbocycles. The lowest BCUT2D eigenvalue weighted by Gasteiger charge is -2.03. The highest BCUT2D eigenvalue weighted by Crippen LogP contribution is 2.23. The molecule has 0 amide bonds. The second kappa shape index (κ2) is 6.95. The fourth-order valence-electron chi connectivity index (χ4n) is 2.23. The van der Waals surface area contributed by atoms with Crippen molar-refractivity contribution in [3.8, 4) is 22.5 Å². The van der Waals surface area contributed by atoms with Gasteiger partial charge < -0.3 is 4.74 Å². The SMILES string of the molecule is CCOCCn1ccc(-c2cccc(-c3cnccn3)c2)n1. The van der Waals surface area contributed by atoms with E-state index in [-0.39, 0.29) is 0 Å². The zero-order valence-corrected chi connectivity index (χ0v) is 12.5. The van der Waals surface area contributed by atoms with Crippen LogP contribution in [0.3, 0.4) is 0 Å². The predicted octanol–water partition coefficient (Wildman–Crippen LogP) is 3.04. The molecule has 0 radical (unpaired) electrons. The highest BCUT2D eigenvalue weighted by atomic mass is 16.5. The monoisotopic (exact) mass is 294 g/mol. The lowest BCUT2D eigenvalue weighted by molar-refractivity contribution is 0.136. The molecule has 5 nitrogen and oxygen atoms in total. The van der Waals surface area contributed by atoms with E-state index in [1.54, 1.807) is 18.6 Å². The van der Waals surface area contributed by atoms with Crippen LogP contribution in [0.15, 0.2) is 55.1 Å². The minimum atomic E-state index is 0.678. The molecule has 5 heteroatoms. The van der Waals surface area contributed by atoms with E-state index in [9.17, 15) is 0 Å². The van der Waals surface area contributed by atoms with Gasteiger partial charge in [0.15, 0.2) is 0 Å². The Kier molecular flexibility index (Phi) is 4.56. The Hall–Kier alpha value is -2.53. The molecule has 22 heavy (non-hydrogen) atoms. The van der Waals surface area contributed by atoms with E-state index < -0.39 is 0 Å². The number of hydrogen-bond donors (Lipinski definition) is 0. The van der Waals surface area contributed by atoms with Gasteiger partial charge in [-0.3, -0.25) is 14.6 Å². The Labute approximate surface area is 129 Å². The van der Waals surface area contributed by atoms with Gasteiger partial charge in [0.05, 0.1) is 30.7 Å². The summed E-state index contributed by atoms with van der Waals surface area (Å²) in [5.74, 6) is 0. The Morgan fingerprint density at radius 1 is 1.09 bits per heavy atom. The van der Waals surface area contributed by atoms with Gasteiger partial charge in [-0.15, -0.1) is 0 Å². The van der Waals surface area contributed by atoms with Crippen LogP contribution in [0, 0.1) is 0 Å². The molecule has 3 rings (SSSR count). The summed E-state index contributed by atoms with van der Waals surface area (Å²) in [6.07, 6.45) is 7.11. The van der Waals surface area contributed by atoms with Gasteiger partial charge in [0.25, 0.3) is 0 Å². The van der Waals surface area contributed by atoms with Gasteiger partial charge in [-0.1, -0.05) is 18.2 Å². The van der Waals surface area contributed by atoms with Crippen LogP contribution in [0.25, 0.3) is 22.5 Å². The van der Waals surface area contributed by atoms with Crippen molar-refractivity contribution in [2.75, 3.05) is 13.2 Å². The van der Waals surface area contributed by atoms with Crippen molar-refractivity contribution in [3.63, 3.8) is 0 Å². The number of rotatable bonds is 6. The number of hydrogen-bond acceptors (Lipinski definition) is 4. The molecule has 112 valence electrons. The second-order valence-electron chi connectivity index (χ2n) is 4.83. The predicted molar refractivity (Wildman–Crippen MR) is 85.2 cm³/mol. The largest absolute Gasteiger partial charge is 0.380 e. The number of benzene rings is 1. The molecule has 0 aliphatic rings. The van der Waals surface area contributed by atoms with Crippen LogP contribution in [-0.4, -0.2) is 33.0 Å². The molecule has 0 saturated heterocycles. The first-order chi connectivity index (χ1) is 10.9. The van der Waals surface area contributed by atoms with Crippen LogP contribution in [-0.2, 0) is 11.3 Å². The maximum Gasteiger partial charge on any atom is 0.0923 e. The molecule has 2 aromatic heterocycles. The molecule has 0 unspecified atom stereocenters. The fourth-order valence-corrected chi connectivity index (χ4v) is 2.23. The standard InChI is InChI=1S/C17H18N4O/c1-2-22-11-10-21-9-6-16(20-21)14-4-3-5-15(12-14)17-13-18-7-8-19-17/h3-9,12-13H,2,10-11H2,1H3. The molecule has 3 aromatic rings. The average Bonchev–Trinajstić information content (AvgIpc) is 3.05. The fraction of sp³-hybridized carbons (Fsp3) is 0.235. The summed E-state index contributed by atoms with van der Waals surface area (Å²) in [5, 5.41) is 4.59. The molecule has 0 spiro atoms. The topological polar surface area (TPSA) is 52.8 Å². The van der Waals surface area contributed by atoms with Gasteiger partial charge in [0.1, 0.15) is 0 Å². The first-order valence-electron chi connectivity index (χ1n) is 7.35. The van der Waals surface area contributed by atoms with Gasteiger partial charge in [-0.2, -0.15) is 5.10 Å². The molecular weight excluding hydrogens is 276 g/mol. The summed E-state index contributed by atoms with van der Waals surface area (Å²) in [7, 11) is 0. The minimum absolute atomic E-state index is 0.678. The molecule has 1 aromatic carbocycles. The van der Waals surface area contributed by atoms with Crippen molar-refractivity contribution in [2.24, 2.45) is 0 Å². The molecule has 0 atom stereocenters. The summed E-state index contributed by atoms with van der Waals surface area (Å²) in [6, 6.07) is 10.2. The van der Waals surface area contributed by atoms with Crippen LogP contribution in [0.1, 0.15) is 6.92 Å². The smallest absolute Gasteiger partial charge is 0.0923 e. The van der Waals surface area contributed by atoms with Crippen molar-refractivity contribution < 1.29 is 4.74 Å². The van der Waals surface area contributed by atoms with Crippen molar-refractivity contribution in [2.45, 2.75) is 13.5 Å². The number of ether oxygens (including phenoxy) is 1. The maximum atomic E-state index is 5.35. The highest BCUT2D eigenvalue weighted by Gasteiger charge is 2.05. The van der Waals surface area contributed by atoms with Gasteiger partial charge in [0.2, 0.25) is 0 Å². The Morgan fingerprint density at radius 3 is 2.73 bits per heavy atom. The van der Waals surface area contributed by atoms with Crippen LogP contribution >= 0.6 is 0 Å². The lowest BCUT2D eigenvalue weighted by Crippen LogP contribution is -2.06. The summed E-state index contributed by atoms with van der Waals surface area (Å²) >= 11 is 0. The number of nitrogens with zero attached hydrogens (tertiary/aromatic N) is 4. The molecular formula is C17H18N4O. The third-order valence-corrected chi connectivity index (χ3v) is 3.33. The van der Waals surface area contributed by atoms with Crippen molar-refractivity contribution in [3.05, 3.63) is 55.1 Å². The van der Waals surface area contributed by atoms with Crippen molar-refractivity contribution >= 4 is 0 Å². The van der Waals surface area contributed by atoms with Crippen LogP contribution in [0.2, 0.25) is 0 Å². The lowest BCUT2D eigenvalue weighted by atomic mass is 10.1. The second-order valence-corrected chi connectivity index (χ2v) is 4.83. The van der Waals surface area contributed by atoms with Crippen LogP contribution in [0.4, 0.5) is 0 Å². The average molecular weight is 294 g/mol. The maximum absolute atomic E-state index is 5.35. The van der Waals surface area contributed by atoms with Crippen molar-refractivity contribution in [1.82, 2.24) is 19.7 Å². The third kappa shape index (κ3) is 3.38. The number of aromatic nitrogens is 4. The molecule has 0 aliphatic heterocycles. The summed E-state index contributed by atoms with van der Waals surface area (Å²) in [5.41, 5.74) is 3.91. The van der Waals surface area contributed by atoms with E-state index in [1.165, 1.54) is 0 Å². The summed E-state index contributed by atoms with van der Waals surface area (Å²) < 4.78 is 7.26. The highest BCUT2D eigenvalue weighted by molar-refractivity contribution is 5.68. The van der Waals surface area contributed by atoms with E-state index in [1.807, 2.05) is 36.0 Å². The quantitative estimate of drug-likeness (QED) is 0.656. The first-order valence-corrected chi connectivity index (χ1v) is 7.35. The molecule has 2 heterocycles. The van der Waals surface area contributed by atoms with Gasteiger partial charge in [-0.25, -0.2) is 0 Å². The Balaban J connectivity index is 1.80. The zero-order chi connectivity index (χ0) is 15.2. The third-order valence-electron chi connectivity index (χ3n) is 3.33. The van der Waals surface area contributed by atoms with E-state index in [4.69, 9.17) is 4.74 Å². The van der Waals surface area contributed by atoms with Crippen molar-refractivity contribution in [1.29, 1.82) is 0 Å². The minimum Gasteiger partial charge on any atom is -0.380 e. The molecule has 0 bridgehead atoms. The van der Waals surface area contributed by atoms with Gasteiger partial charge in [0, 0.05) is 36.3 Å². The molecule has 0 N–H and O–H groups in total. The normalized spacial score (nSPS) is 10.8. The van der Waals surface area contributed by atoms with E-state index in [0.717, 1.165) is 35.7 Å². The zero-order valence-electron chi connectivity index (χ0n) is 12.5. The van der Waals surface area contributed by atoms with E-state index >= 15 is 0 Å². The first kappa shape index (κ1) is 14.4. The molecule has 0 fully saturated rings. The van der Waals surface area contributed by atoms with Crippen LogP contribution < -0.4 is 0 Å². The van der Waals surface area contributed by atoms with E-state index in [2.05, 4.69) is 27.2 Å². The van der Waals surface area contributed by atoms with Gasteiger partial charge >= 0.3 is 0 Å². The Bertz CT molecular complexity index is 724. The summed E-state index contributed by atoms with van der Waals surface area (Å²) in [4.78, 5) is 8.45. The van der Waals surface area contributed by atoms with Gasteiger partial charge in [-0.05, 0) is 19.1 Å². The summed E-state index contributed by atoms with van der Waals surface area (Å²) in [6.45, 7) is 4.16. The van der Waals surface area contributed by atoms with E-state index in [0.29, 0.717) is 6.61 Å². The molecule has 0 saturated carbocycles.